The molecule has 0 aliphatic heterocycles. The lowest BCUT2D eigenvalue weighted by atomic mass is 10.3. The molecular formula is C11H16N4O3. The summed E-state index contributed by atoms with van der Waals surface area (Å²) in [5.41, 5.74) is -0.136. The van der Waals surface area contributed by atoms with Crippen LogP contribution in [0.15, 0.2) is 12.1 Å². The summed E-state index contributed by atoms with van der Waals surface area (Å²) in [5.74, 6) is -0.914. The average Bonchev–Trinajstić information content (AvgIpc) is 2.36. The molecule has 0 aromatic carbocycles. The van der Waals surface area contributed by atoms with Crippen LogP contribution in [0.4, 0.5) is 5.82 Å². The van der Waals surface area contributed by atoms with E-state index in [0.717, 1.165) is 6.42 Å². The monoisotopic (exact) mass is 252 g/mol. The second-order valence-corrected chi connectivity index (χ2v) is 3.77. The SMILES string of the molecule is CCCNC(=O)C(C)Nc1ccc(C(=O)O)nn1. The largest absolute Gasteiger partial charge is 0.476 e. The van der Waals surface area contributed by atoms with E-state index < -0.39 is 12.0 Å². The molecule has 1 aromatic rings. The van der Waals surface area contributed by atoms with Crippen LogP contribution in [0.1, 0.15) is 30.8 Å². The number of anilines is 1. The van der Waals surface area contributed by atoms with Gasteiger partial charge in [0, 0.05) is 6.54 Å². The van der Waals surface area contributed by atoms with Crippen molar-refractivity contribution < 1.29 is 14.7 Å². The number of carbonyl (C=O) groups excluding carboxylic acids is 1. The number of nitrogens with one attached hydrogen (secondary N) is 2. The molecule has 0 aliphatic rings. The van der Waals surface area contributed by atoms with Gasteiger partial charge in [-0.1, -0.05) is 6.92 Å². The summed E-state index contributed by atoms with van der Waals surface area (Å²) < 4.78 is 0. The average molecular weight is 252 g/mol. The molecule has 18 heavy (non-hydrogen) atoms. The predicted octanol–water partition coefficient (Wildman–Crippen LogP) is 0.501. The van der Waals surface area contributed by atoms with Crippen molar-refractivity contribution in [1.82, 2.24) is 15.5 Å². The highest BCUT2D eigenvalue weighted by Crippen LogP contribution is 2.04. The molecule has 1 amide bonds. The highest BCUT2D eigenvalue weighted by molar-refractivity contribution is 5.85. The van der Waals surface area contributed by atoms with E-state index in [-0.39, 0.29) is 11.6 Å². The quantitative estimate of drug-likeness (QED) is 0.681. The number of carbonyl (C=O) groups is 2. The Morgan fingerprint density at radius 3 is 2.61 bits per heavy atom. The highest BCUT2D eigenvalue weighted by Gasteiger charge is 2.13. The normalized spacial score (nSPS) is 11.7. The van der Waals surface area contributed by atoms with Crippen LogP contribution >= 0.6 is 0 Å². The summed E-state index contributed by atoms with van der Waals surface area (Å²) >= 11 is 0. The Morgan fingerprint density at radius 2 is 2.11 bits per heavy atom. The molecule has 1 atom stereocenters. The number of carboxylic acid groups (broad SMARTS) is 1. The summed E-state index contributed by atoms with van der Waals surface area (Å²) in [7, 11) is 0. The number of rotatable bonds is 6. The molecule has 0 bridgehead atoms. The van der Waals surface area contributed by atoms with E-state index >= 15 is 0 Å². The smallest absolute Gasteiger partial charge is 0.356 e. The maximum atomic E-state index is 11.6. The third-order valence-corrected chi connectivity index (χ3v) is 2.19. The van der Waals surface area contributed by atoms with Gasteiger partial charge in [0.15, 0.2) is 5.69 Å². The van der Waals surface area contributed by atoms with E-state index in [4.69, 9.17) is 5.11 Å². The molecule has 1 heterocycles. The first kappa shape index (κ1) is 13.9. The fourth-order valence-corrected chi connectivity index (χ4v) is 1.21. The highest BCUT2D eigenvalue weighted by atomic mass is 16.4. The Labute approximate surface area is 105 Å². The molecule has 0 saturated heterocycles. The van der Waals surface area contributed by atoms with Crippen molar-refractivity contribution in [3.8, 4) is 0 Å². The minimum Gasteiger partial charge on any atom is -0.476 e. The lowest BCUT2D eigenvalue weighted by Crippen LogP contribution is -2.38. The number of hydrogen-bond acceptors (Lipinski definition) is 5. The van der Waals surface area contributed by atoms with E-state index in [1.165, 1.54) is 12.1 Å². The van der Waals surface area contributed by atoms with Crippen LogP contribution < -0.4 is 10.6 Å². The van der Waals surface area contributed by atoms with E-state index in [1.54, 1.807) is 6.92 Å². The van der Waals surface area contributed by atoms with Crippen LogP contribution in [0, 0.1) is 0 Å². The summed E-state index contributed by atoms with van der Waals surface area (Å²) in [6, 6.07) is 2.34. The lowest BCUT2D eigenvalue weighted by Gasteiger charge is -2.13. The summed E-state index contributed by atoms with van der Waals surface area (Å²) in [5, 5.41) is 21.4. The van der Waals surface area contributed by atoms with Crippen LogP contribution in [0.2, 0.25) is 0 Å². The molecule has 1 aromatic heterocycles. The molecule has 98 valence electrons. The molecule has 0 spiro atoms. The van der Waals surface area contributed by atoms with Gasteiger partial charge in [-0.15, -0.1) is 10.2 Å². The van der Waals surface area contributed by atoms with E-state index in [2.05, 4.69) is 20.8 Å². The van der Waals surface area contributed by atoms with Crippen molar-refractivity contribution >= 4 is 17.7 Å². The van der Waals surface area contributed by atoms with Crippen molar-refractivity contribution in [2.24, 2.45) is 0 Å². The Balaban J connectivity index is 2.56. The molecule has 7 nitrogen and oxygen atoms in total. The zero-order chi connectivity index (χ0) is 13.5. The number of aromatic carboxylic acids is 1. The number of nitrogens with zero attached hydrogens (tertiary/aromatic N) is 2. The van der Waals surface area contributed by atoms with Gasteiger partial charge in [0.05, 0.1) is 0 Å². The van der Waals surface area contributed by atoms with Crippen molar-refractivity contribution in [3.05, 3.63) is 17.8 Å². The van der Waals surface area contributed by atoms with Crippen molar-refractivity contribution in [3.63, 3.8) is 0 Å². The summed E-state index contributed by atoms with van der Waals surface area (Å²) in [4.78, 5) is 22.1. The zero-order valence-corrected chi connectivity index (χ0v) is 10.3. The van der Waals surface area contributed by atoms with Crippen molar-refractivity contribution in [1.29, 1.82) is 0 Å². The van der Waals surface area contributed by atoms with Gasteiger partial charge in [-0.2, -0.15) is 0 Å². The molecule has 0 radical (unpaired) electrons. The van der Waals surface area contributed by atoms with Gasteiger partial charge >= 0.3 is 5.97 Å². The molecule has 3 N–H and O–H groups in total. The van der Waals surface area contributed by atoms with E-state index in [1.807, 2.05) is 6.92 Å². The first-order chi connectivity index (χ1) is 8.54. The summed E-state index contributed by atoms with van der Waals surface area (Å²) in [6.45, 7) is 4.28. The van der Waals surface area contributed by atoms with Crippen LogP contribution in [0.3, 0.4) is 0 Å². The lowest BCUT2D eigenvalue weighted by molar-refractivity contribution is -0.121. The van der Waals surface area contributed by atoms with Gasteiger partial charge in [-0.3, -0.25) is 4.79 Å². The van der Waals surface area contributed by atoms with E-state index in [0.29, 0.717) is 12.4 Å². The van der Waals surface area contributed by atoms with Gasteiger partial charge in [-0.25, -0.2) is 4.79 Å². The summed E-state index contributed by atoms with van der Waals surface area (Å²) in [6.07, 6.45) is 0.867. The first-order valence-corrected chi connectivity index (χ1v) is 5.66. The topological polar surface area (TPSA) is 104 Å². The van der Waals surface area contributed by atoms with Crippen molar-refractivity contribution in [2.75, 3.05) is 11.9 Å². The Morgan fingerprint density at radius 1 is 1.39 bits per heavy atom. The Bertz CT molecular complexity index is 419. The minimum absolute atomic E-state index is 0.136. The molecule has 1 rings (SSSR count). The van der Waals surface area contributed by atoms with Gasteiger partial charge in [0.1, 0.15) is 11.9 Å². The standard InChI is InChI=1S/C11H16N4O3/c1-3-6-12-10(16)7(2)13-9-5-4-8(11(17)18)14-15-9/h4-5,7H,3,6H2,1-2H3,(H,12,16)(H,13,15)(H,17,18). The van der Waals surface area contributed by atoms with Crippen LogP contribution in [0.5, 0.6) is 0 Å². The molecule has 0 aliphatic carbocycles. The fourth-order valence-electron chi connectivity index (χ4n) is 1.21. The van der Waals surface area contributed by atoms with E-state index in [9.17, 15) is 9.59 Å². The van der Waals surface area contributed by atoms with Gasteiger partial charge in [-0.05, 0) is 25.5 Å². The van der Waals surface area contributed by atoms with Crippen LogP contribution in [-0.2, 0) is 4.79 Å². The third kappa shape index (κ3) is 4.00. The maximum Gasteiger partial charge on any atom is 0.356 e. The second kappa shape index (κ2) is 6.53. The minimum atomic E-state index is -1.14. The number of aromatic nitrogens is 2. The Hall–Kier alpha value is -2.18. The first-order valence-electron chi connectivity index (χ1n) is 5.66. The fraction of sp³-hybridized carbons (Fsp3) is 0.455. The van der Waals surface area contributed by atoms with Crippen LogP contribution in [0.25, 0.3) is 0 Å². The van der Waals surface area contributed by atoms with Gasteiger partial charge in [0.2, 0.25) is 5.91 Å². The second-order valence-electron chi connectivity index (χ2n) is 3.77. The number of amides is 1. The Kier molecular flexibility index (Phi) is 5.04. The molecular weight excluding hydrogens is 236 g/mol. The molecule has 0 fully saturated rings. The number of carboxylic acids is 1. The van der Waals surface area contributed by atoms with Crippen LogP contribution in [-0.4, -0.2) is 39.8 Å². The molecule has 1 unspecified atom stereocenters. The predicted molar refractivity (Wildman–Crippen MR) is 65.4 cm³/mol. The molecule has 0 saturated carbocycles. The number of hydrogen-bond donors (Lipinski definition) is 3. The zero-order valence-electron chi connectivity index (χ0n) is 10.3. The van der Waals surface area contributed by atoms with Gasteiger partial charge in [0.25, 0.3) is 0 Å². The third-order valence-electron chi connectivity index (χ3n) is 2.19. The van der Waals surface area contributed by atoms with Crippen molar-refractivity contribution in [2.45, 2.75) is 26.3 Å². The van der Waals surface area contributed by atoms with Gasteiger partial charge < -0.3 is 15.7 Å². The maximum absolute atomic E-state index is 11.6. The molecule has 7 heteroatoms.